The SMILES string of the molecule is CC(O)c1ccc(C(N)CN)cc1. The molecule has 0 aliphatic heterocycles. The van der Waals surface area contributed by atoms with Crippen molar-refractivity contribution < 1.29 is 5.11 Å². The number of benzene rings is 1. The Morgan fingerprint density at radius 2 is 1.69 bits per heavy atom. The Kier molecular flexibility index (Phi) is 3.42. The van der Waals surface area contributed by atoms with E-state index in [9.17, 15) is 5.11 Å². The molecule has 0 aromatic heterocycles. The molecule has 0 saturated heterocycles. The standard InChI is InChI=1S/C10H16N2O/c1-7(13)8-2-4-9(5-3-8)10(12)6-11/h2-5,7,10,13H,6,11-12H2,1H3. The molecule has 13 heavy (non-hydrogen) atoms. The number of hydrogen-bond acceptors (Lipinski definition) is 3. The molecule has 2 atom stereocenters. The highest BCUT2D eigenvalue weighted by atomic mass is 16.3. The second-order valence-electron chi connectivity index (χ2n) is 3.18. The van der Waals surface area contributed by atoms with E-state index in [1.807, 2.05) is 24.3 Å². The average Bonchev–Trinajstić information content (AvgIpc) is 2.17. The summed E-state index contributed by atoms with van der Waals surface area (Å²) in [5.41, 5.74) is 13.1. The van der Waals surface area contributed by atoms with Gasteiger partial charge < -0.3 is 16.6 Å². The molecular weight excluding hydrogens is 164 g/mol. The predicted molar refractivity (Wildman–Crippen MR) is 53.1 cm³/mol. The topological polar surface area (TPSA) is 72.3 Å². The molecule has 0 fully saturated rings. The van der Waals surface area contributed by atoms with Crippen molar-refractivity contribution in [2.24, 2.45) is 11.5 Å². The Bertz CT molecular complexity index is 256. The molecule has 0 radical (unpaired) electrons. The molecule has 0 saturated carbocycles. The molecule has 0 heterocycles. The Morgan fingerprint density at radius 1 is 1.23 bits per heavy atom. The van der Waals surface area contributed by atoms with Crippen LogP contribution in [0, 0.1) is 0 Å². The van der Waals surface area contributed by atoms with Gasteiger partial charge >= 0.3 is 0 Å². The van der Waals surface area contributed by atoms with Crippen molar-refractivity contribution in [2.45, 2.75) is 19.1 Å². The summed E-state index contributed by atoms with van der Waals surface area (Å²) in [5.74, 6) is 0. The van der Waals surface area contributed by atoms with Crippen molar-refractivity contribution in [2.75, 3.05) is 6.54 Å². The van der Waals surface area contributed by atoms with Gasteiger partial charge in [0, 0.05) is 12.6 Å². The van der Waals surface area contributed by atoms with Gasteiger partial charge in [-0.15, -0.1) is 0 Å². The minimum absolute atomic E-state index is 0.108. The minimum atomic E-state index is -0.428. The van der Waals surface area contributed by atoms with Gasteiger partial charge in [0.2, 0.25) is 0 Å². The number of hydrogen-bond donors (Lipinski definition) is 3. The van der Waals surface area contributed by atoms with Crippen LogP contribution in [0.4, 0.5) is 0 Å². The molecule has 1 aromatic rings. The maximum Gasteiger partial charge on any atom is 0.0761 e. The molecule has 3 nitrogen and oxygen atoms in total. The molecule has 0 amide bonds. The molecule has 0 bridgehead atoms. The van der Waals surface area contributed by atoms with Crippen molar-refractivity contribution in [3.05, 3.63) is 35.4 Å². The van der Waals surface area contributed by atoms with Crippen LogP contribution in [0.3, 0.4) is 0 Å². The highest BCUT2D eigenvalue weighted by Gasteiger charge is 2.04. The summed E-state index contributed by atoms with van der Waals surface area (Å²) in [7, 11) is 0. The van der Waals surface area contributed by atoms with Crippen LogP contribution >= 0.6 is 0 Å². The first-order chi connectivity index (χ1) is 6.15. The Morgan fingerprint density at radius 3 is 2.08 bits per heavy atom. The van der Waals surface area contributed by atoms with Crippen molar-refractivity contribution >= 4 is 0 Å². The van der Waals surface area contributed by atoms with Crippen molar-refractivity contribution in [1.82, 2.24) is 0 Å². The van der Waals surface area contributed by atoms with E-state index in [2.05, 4.69) is 0 Å². The zero-order chi connectivity index (χ0) is 9.84. The summed E-state index contributed by atoms with van der Waals surface area (Å²) >= 11 is 0. The summed E-state index contributed by atoms with van der Waals surface area (Å²) in [5, 5.41) is 9.25. The van der Waals surface area contributed by atoms with E-state index in [1.165, 1.54) is 0 Å². The lowest BCUT2D eigenvalue weighted by atomic mass is 10.0. The van der Waals surface area contributed by atoms with E-state index in [4.69, 9.17) is 11.5 Å². The highest BCUT2D eigenvalue weighted by molar-refractivity contribution is 5.26. The van der Waals surface area contributed by atoms with E-state index in [1.54, 1.807) is 6.92 Å². The van der Waals surface area contributed by atoms with Crippen molar-refractivity contribution in [3.8, 4) is 0 Å². The van der Waals surface area contributed by atoms with Crippen LogP contribution in [-0.4, -0.2) is 11.7 Å². The molecule has 0 aliphatic rings. The fraction of sp³-hybridized carbons (Fsp3) is 0.400. The lowest BCUT2D eigenvalue weighted by Crippen LogP contribution is -2.20. The second-order valence-corrected chi connectivity index (χ2v) is 3.18. The molecule has 1 aromatic carbocycles. The Balaban J connectivity index is 2.81. The van der Waals surface area contributed by atoms with Crippen LogP contribution in [0.5, 0.6) is 0 Å². The van der Waals surface area contributed by atoms with Gasteiger partial charge in [0.25, 0.3) is 0 Å². The normalized spacial score (nSPS) is 15.4. The zero-order valence-corrected chi connectivity index (χ0v) is 7.77. The van der Waals surface area contributed by atoms with Crippen LogP contribution in [-0.2, 0) is 0 Å². The van der Waals surface area contributed by atoms with Gasteiger partial charge in [-0.05, 0) is 18.1 Å². The van der Waals surface area contributed by atoms with Crippen LogP contribution < -0.4 is 11.5 Å². The van der Waals surface area contributed by atoms with Gasteiger partial charge in [-0.2, -0.15) is 0 Å². The van der Waals surface area contributed by atoms with Crippen LogP contribution in [0.25, 0.3) is 0 Å². The molecule has 5 N–H and O–H groups in total. The van der Waals surface area contributed by atoms with Crippen LogP contribution in [0.2, 0.25) is 0 Å². The first-order valence-electron chi connectivity index (χ1n) is 4.38. The third-order valence-corrected chi connectivity index (χ3v) is 2.10. The molecule has 0 spiro atoms. The highest BCUT2D eigenvalue weighted by Crippen LogP contribution is 2.15. The molecule has 72 valence electrons. The maximum absolute atomic E-state index is 9.25. The first-order valence-corrected chi connectivity index (χ1v) is 4.38. The third-order valence-electron chi connectivity index (χ3n) is 2.10. The molecule has 2 unspecified atom stereocenters. The maximum atomic E-state index is 9.25. The van der Waals surface area contributed by atoms with Gasteiger partial charge in [0.1, 0.15) is 0 Å². The van der Waals surface area contributed by atoms with Crippen LogP contribution in [0.15, 0.2) is 24.3 Å². The first kappa shape index (κ1) is 10.2. The van der Waals surface area contributed by atoms with Crippen molar-refractivity contribution in [1.29, 1.82) is 0 Å². The number of nitrogens with two attached hydrogens (primary N) is 2. The fourth-order valence-corrected chi connectivity index (χ4v) is 1.16. The third kappa shape index (κ3) is 2.52. The summed E-state index contributed by atoms with van der Waals surface area (Å²) in [4.78, 5) is 0. The smallest absolute Gasteiger partial charge is 0.0761 e. The lowest BCUT2D eigenvalue weighted by Gasteiger charge is -2.10. The number of aliphatic hydroxyl groups excluding tert-OH is 1. The largest absolute Gasteiger partial charge is 0.389 e. The second kappa shape index (κ2) is 4.37. The Labute approximate surface area is 78.4 Å². The van der Waals surface area contributed by atoms with Gasteiger partial charge in [-0.25, -0.2) is 0 Å². The van der Waals surface area contributed by atoms with Crippen LogP contribution in [0.1, 0.15) is 30.2 Å². The van der Waals surface area contributed by atoms with Gasteiger partial charge in [0.05, 0.1) is 6.10 Å². The molecule has 1 rings (SSSR count). The predicted octanol–water partition coefficient (Wildman–Crippen LogP) is 0.698. The van der Waals surface area contributed by atoms with E-state index in [0.717, 1.165) is 11.1 Å². The molecule has 0 aliphatic carbocycles. The quantitative estimate of drug-likeness (QED) is 0.641. The zero-order valence-electron chi connectivity index (χ0n) is 7.77. The summed E-state index contributed by atoms with van der Waals surface area (Å²) < 4.78 is 0. The van der Waals surface area contributed by atoms with Gasteiger partial charge in [-0.3, -0.25) is 0 Å². The Hall–Kier alpha value is -0.900. The van der Waals surface area contributed by atoms with E-state index < -0.39 is 6.10 Å². The van der Waals surface area contributed by atoms with E-state index in [0.29, 0.717) is 6.54 Å². The summed E-state index contributed by atoms with van der Waals surface area (Å²) in [6.07, 6.45) is -0.428. The summed E-state index contributed by atoms with van der Waals surface area (Å²) in [6.45, 7) is 2.17. The number of rotatable bonds is 3. The number of aliphatic hydroxyl groups is 1. The summed E-state index contributed by atoms with van der Waals surface area (Å²) in [6, 6.07) is 7.44. The lowest BCUT2D eigenvalue weighted by molar-refractivity contribution is 0.199. The molecule has 3 heteroatoms. The average molecular weight is 180 g/mol. The fourth-order valence-electron chi connectivity index (χ4n) is 1.16. The minimum Gasteiger partial charge on any atom is -0.389 e. The van der Waals surface area contributed by atoms with Gasteiger partial charge in [0.15, 0.2) is 0 Å². The van der Waals surface area contributed by atoms with E-state index in [-0.39, 0.29) is 6.04 Å². The van der Waals surface area contributed by atoms with Gasteiger partial charge in [-0.1, -0.05) is 24.3 Å². The van der Waals surface area contributed by atoms with Crippen molar-refractivity contribution in [3.63, 3.8) is 0 Å². The monoisotopic (exact) mass is 180 g/mol. The molecular formula is C10H16N2O. The van der Waals surface area contributed by atoms with E-state index >= 15 is 0 Å².